The van der Waals surface area contributed by atoms with Crippen LogP contribution < -0.4 is 0 Å². The molecule has 0 unspecified atom stereocenters. The molecule has 0 radical (unpaired) electrons. The molecule has 1 aliphatic rings. The molecule has 94 valence electrons. The fourth-order valence-electron chi connectivity index (χ4n) is 1.61. The molecule has 0 aromatic heterocycles. The monoisotopic (exact) mass is 250 g/mol. The van der Waals surface area contributed by atoms with Gasteiger partial charge in [-0.1, -0.05) is 17.3 Å². The number of nitro groups is 1. The Kier molecular flexibility index (Phi) is 2.74. The molecule has 0 bridgehead atoms. The van der Waals surface area contributed by atoms with Gasteiger partial charge < -0.3 is 9.94 Å². The quantitative estimate of drug-likeness (QED) is 0.647. The number of carboxylic acids is 1. The van der Waals surface area contributed by atoms with E-state index in [2.05, 4.69) is 5.16 Å². The smallest absolute Gasteiger partial charge is 0.351 e. The molecule has 1 heterocycles. The van der Waals surface area contributed by atoms with E-state index in [0.29, 0.717) is 11.3 Å². The van der Waals surface area contributed by atoms with E-state index in [-0.39, 0.29) is 12.1 Å². The van der Waals surface area contributed by atoms with Crippen LogP contribution in [-0.2, 0) is 9.63 Å². The molecule has 7 heteroatoms. The highest BCUT2D eigenvalue weighted by atomic mass is 16.7. The van der Waals surface area contributed by atoms with Gasteiger partial charge in [0.1, 0.15) is 0 Å². The third-order valence-corrected chi connectivity index (χ3v) is 2.70. The number of rotatable bonds is 3. The van der Waals surface area contributed by atoms with Crippen LogP contribution >= 0.6 is 0 Å². The average Bonchev–Trinajstić information content (AvgIpc) is 2.73. The standard InChI is InChI=1S/C11H10N2O5/c1-11(10(14)15)6-9(12-18-11)7-3-2-4-8(5-7)13(16)17/h2-5H,6H2,1H3,(H,14,15)/t11-/m1/s1. The highest BCUT2D eigenvalue weighted by molar-refractivity contribution is 6.04. The molecule has 0 aliphatic carbocycles. The van der Waals surface area contributed by atoms with Crippen molar-refractivity contribution < 1.29 is 19.7 Å². The minimum atomic E-state index is -1.40. The van der Waals surface area contributed by atoms with Crippen molar-refractivity contribution in [3.05, 3.63) is 39.9 Å². The zero-order valence-corrected chi connectivity index (χ0v) is 9.49. The fourth-order valence-corrected chi connectivity index (χ4v) is 1.61. The van der Waals surface area contributed by atoms with Crippen LogP contribution in [-0.4, -0.2) is 27.3 Å². The number of nitrogens with zero attached hydrogens (tertiary/aromatic N) is 2. The van der Waals surface area contributed by atoms with E-state index in [9.17, 15) is 14.9 Å². The Morgan fingerprint density at radius 2 is 2.33 bits per heavy atom. The van der Waals surface area contributed by atoms with Gasteiger partial charge in [-0.3, -0.25) is 10.1 Å². The van der Waals surface area contributed by atoms with Gasteiger partial charge >= 0.3 is 5.97 Å². The summed E-state index contributed by atoms with van der Waals surface area (Å²) in [5.74, 6) is -1.12. The third kappa shape index (κ3) is 2.02. The van der Waals surface area contributed by atoms with Gasteiger partial charge in [-0.25, -0.2) is 4.79 Å². The summed E-state index contributed by atoms with van der Waals surface area (Å²) in [4.78, 5) is 26.0. The second-order valence-electron chi connectivity index (χ2n) is 4.15. The largest absolute Gasteiger partial charge is 0.478 e. The molecule has 1 atom stereocenters. The maximum Gasteiger partial charge on any atom is 0.351 e. The Morgan fingerprint density at radius 3 is 2.89 bits per heavy atom. The SMILES string of the molecule is C[C@]1(C(=O)O)CC(c2cccc([N+](=O)[O-])c2)=NO1. The summed E-state index contributed by atoms with van der Waals surface area (Å²) in [6, 6.07) is 5.85. The number of oxime groups is 1. The van der Waals surface area contributed by atoms with E-state index in [1.807, 2.05) is 0 Å². The van der Waals surface area contributed by atoms with Crippen LogP contribution in [0.1, 0.15) is 18.9 Å². The molecular weight excluding hydrogens is 240 g/mol. The maximum atomic E-state index is 11.0. The first-order valence-corrected chi connectivity index (χ1v) is 5.16. The number of hydrogen-bond donors (Lipinski definition) is 1. The van der Waals surface area contributed by atoms with E-state index in [1.165, 1.54) is 25.1 Å². The topological polar surface area (TPSA) is 102 Å². The molecule has 1 aliphatic heterocycles. The first-order chi connectivity index (χ1) is 8.42. The van der Waals surface area contributed by atoms with Gasteiger partial charge in [-0.15, -0.1) is 0 Å². The number of aliphatic carboxylic acids is 1. The van der Waals surface area contributed by atoms with Crippen molar-refractivity contribution in [1.82, 2.24) is 0 Å². The molecule has 0 spiro atoms. The van der Waals surface area contributed by atoms with Crippen LogP contribution in [0.5, 0.6) is 0 Å². The van der Waals surface area contributed by atoms with Gasteiger partial charge in [0.2, 0.25) is 5.60 Å². The van der Waals surface area contributed by atoms with Crippen LogP contribution in [0, 0.1) is 10.1 Å². The molecule has 1 aromatic carbocycles. The Hall–Kier alpha value is -2.44. The van der Waals surface area contributed by atoms with Crippen LogP contribution in [0.4, 0.5) is 5.69 Å². The summed E-state index contributed by atoms with van der Waals surface area (Å²) in [5.41, 5.74) is -0.586. The number of hydrogen-bond acceptors (Lipinski definition) is 5. The molecule has 7 nitrogen and oxygen atoms in total. The molecule has 1 N–H and O–H groups in total. The van der Waals surface area contributed by atoms with Crippen LogP contribution in [0.25, 0.3) is 0 Å². The highest BCUT2D eigenvalue weighted by Gasteiger charge is 2.42. The van der Waals surface area contributed by atoms with E-state index in [0.717, 1.165) is 0 Å². The number of carboxylic acid groups (broad SMARTS) is 1. The molecule has 0 saturated carbocycles. The molecule has 0 saturated heterocycles. The summed E-state index contributed by atoms with van der Waals surface area (Å²) in [7, 11) is 0. The van der Waals surface area contributed by atoms with Crippen LogP contribution in [0.3, 0.4) is 0 Å². The first kappa shape index (κ1) is 12.0. The zero-order valence-electron chi connectivity index (χ0n) is 9.49. The van der Waals surface area contributed by atoms with Crippen molar-refractivity contribution in [2.75, 3.05) is 0 Å². The van der Waals surface area contributed by atoms with Crippen LogP contribution in [0.2, 0.25) is 0 Å². The number of non-ortho nitro benzene ring substituents is 1. The minimum absolute atomic E-state index is 0.0703. The summed E-state index contributed by atoms with van der Waals surface area (Å²) in [6.07, 6.45) is 0.0729. The lowest BCUT2D eigenvalue weighted by molar-refractivity contribution is -0.384. The second kappa shape index (κ2) is 4.10. The Labute approximate surface area is 102 Å². The lowest BCUT2D eigenvalue weighted by atomic mass is 9.96. The normalized spacial score (nSPS) is 22.2. The summed E-state index contributed by atoms with van der Waals surface area (Å²) in [6.45, 7) is 1.41. The van der Waals surface area contributed by atoms with E-state index in [1.54, 1.807) is 6.07 Å². The molecule has 0 fully saturated rings. The lowest BCUT2D eigenvalue weighted by Crippen LogP contribution is -2.35. The predicted octanol–water partition coefficient (Wildman–Crippen LogP) is 1.56. The Balaban J connectivity index is 2.27. The van der Waals surface area contributed by atoms with Gasteiger partial charge in [0.25, 0.3) is 5.69 Å². The predicted molar refractivity (Wildman–Crippen MR) is 61.4 cm³/mol. The highest BCUT2D eigenvalue weighted by Crippen LogP contribution is 2.27. The fraction of sp³-hybridized carbons (Fsp3) is 0.273. The van der Waals surface area contributed by atoms with Crippen molar-refractivity contribution >= 4 is 17.4 Å². The van der Waals surface area contributed by atoms with E-state index in [4.69, 9.17) is 9.94 Å². The molecule has 0 amide bonds. The first-order valence-electron chi connectivity index (χ1n) is 5.16. The van der Waals surface area contributed by atoms with Gasteiger partial charge in [0.05, 0.1) is 10.6 Å². The van der Waals surface area contributed by atoms with Crippen molar-refractivity contribution in [2.45, 2.75) is 18.9 Å². The van der Waals surface area contributed by atoms with Crippen LogP contribution in [0.15, 0.2) is 29.4 Å². The van der Waals surface area contributed by atoms with E-state index < -0.39 is 16.5 Å². The van der Waals surface area contributed by atoms with Crippen molar-refractivity contribution in [2.24, 2.45) is 5.16 Å². The molecule has 2 rings (SSSR count). The van der Waals surface area contributed by atoms with Gasteiger partial charge in [0, 0.05) is 24.1 Å². The molecule has 1 aromatic rings. The summed E-state index contributed by atoms with van der Waals surface area (Å²) >= 11 is 0. The summed E-state index contributed by atoms with van der Waals surface area (Å²) < 4.78 is 0. The minimum Gasteiger partial charge on any atom is -0.478 e. The maximum absolute atomic E-state index is 11.0. The second-order valence-corrected chi connectivity index (χ2v) is 4.15. The number of carbonyl (C=O) groups is 1. The molecular formula is C11H10N2O5. The van der Waals surface area contributed by atoms with Crippen molar-refractivity contribution in [3.8, 4) is 0 Å². The molecule has 18 heavy (non-hydrogen) atoms. The van der Waals surface area contributed by atoms with Gasteiger partial charge in [-0.05, 0) is 6.92 Å². The number of benzene rings is 1. The summed E-state index contributed by atoms with van der Waals surface area (Å²) in [5, 5.41) is 23.3. The van der Waals surface area contributed by atoms with Gasteiger partial charge in [0.15, 0.2) is 0 Å². The zero-order chi connectivity index (χ0) is 13.3. The van der Waals surface area contributed by atoms with Crippen molar-refractivity contribution in [3.63, 3.8) is 0 Å². The lowest BCUT2D eigenvalue weighted by Gasteiger charge is -2.14. The Morgan fingerprint density at radius 1 is 1.61 bits per heavy atom. The van der Waals surface area contributed by atoms with Gasteiger partial charge in [-0.2, -0.15) is 0 Å². The van der Waals surface area contributed by atoms with Crippen molar-refractivity contribution in [1.29, 1.82) is 0 Å². The average molecular weight is 250 g/mol. The Bertz CT molecular complexity index is 554. The number of nitro benzene ring substituents is 1. The third-order valence-electron chi connectivity index (χ3n) is 2.70. The van der Waals surface area contributed by atoms with E-state index >= 15 is 0 Å².